The molecule has 0 saturated heterocycles. The van der Waals surface area contributed by atoms with E-state index in [1.807, 2.05) is 42.5 Å². The first-order chi connectivity index (χ1) is 13.9. The fraction of sp³-hybridized carbons (Fsp3) is 0.0952. The summed E-state index contributed by atoms with van der Waals surface area (Å²) in [6.07, 6.45) is 1.72. The fourth-order valence-corrected chi connectivity index (χ4v) is 3.22. The molecule has 1 aromatic heterocycles. The number of rotatable bonds is 5. The van der Waals surface area contributed by atoms with Crippen LogP contribution in [-0.2, 0) is 11.8 Å². The molecule has 3 amide bonds. The number of benzene rings is 2. The highest BCUT2D eigenvalue weighted by Crippen LogP contribution is 2.19. The molecule has 0 fully saturated rings. The van der Waals surface area contributed by atoms with Gasteiger partial charge in [0, 0.05) is 23.3 Å². The Morgan fingerprint density at radius 1 is 0.897 bits per heavy atom. The lowest BCUT2D eigenvalue weighted by Gasteiger charge is -2.09. The molecule has 0 radical (unpaired) electrons. The van der Waals surface area contributed by atoms with E-state index in [2.05, 4.69) is 32.1 Å². The maximum absolute atomic E-state index is 12.2. The number of carbonyl (C=O) groups excluding carboxylic acids is 3. The van der Waals surface area contributed by atoms with Gasteiger partial charge in [0.15, 0.2) is 0 Å². The van der Waals surface area contributed by atoms with Crippen molar-refractivity contribution in [3.63, 3.8) is 0 Å². The van der Waals surface area contributed by atoms with Crippen LogP contribution in [0.15, 0.2) is 71.3 Å². The second-order valence-electron chi connectivity index (χ2n) is 6.28. The maximum atomic E-state index is 12.2. The number of nitrogens with zero attached hydrogens (tertiary/aromatic N) is 1. The molecule has 2 aromatic carbocycles. The van der Waals surface area contributed by atoms with Gasteiger partial charge in [-0.05, 0) is 45.3 Å². The average Bonchev–Trinajstić information content (AvgIpc) is 3.09. The van der Waals surface area contributed by atoms with E-state index in [1.54, 1.807) is 36.0 Å². The lowest BCUT2D eigenvalue weighted by Crippen LogP contribution is -2.46. The maximum Gasteiger partial charge on any atom is 0.286 e. The van der Waals surface area contributed by atoms with E-state index < -0.39 is 11.8 Å². The lowest BCUT2D eigenvalue weighted by atomic mass is 10.0. The van der Waals surface area contributed by atoms with Gasteiger partial charge in [0.25, 0.3) is 17.7 Å². The Morgan fingerprint density at radius 3 is 2.17 bits per heavy atom. The van der Waals surface area contributed by atoms with Gasteiger partial charge in [-0.3, -0.25) is 25.2 Å². The van der Waals surface area contributed by atoms with Gasteiger partial charge in [0.1, 0.15) is 5.69 Å². The molecule has 0 saturated carbocycles. The van der Waals surface area contributed by atoms with Crippen molar-refractivity contribution < 1.29 is 14.4 Å². The molecule has 29 heavy (non-hydrogen) atoms. The van der Waals surface area contributed by atoms with Crippen LogP contribution in [0.4, 0.5) is 0 Å². The Hall–Kier alpha value is -3.39. The SMILES string of the molecule is Cn1cc(Br)cc1C(=O)NNC(=O)CNC(=O)c1ccc(-c2ccccc2)cc1. The molecule has 148 valence electrons. The van der Waals surface area contributed by atoms with E-state index in [4.69, 9.17) is 0 Å². The van der Waals surface area contributed by atoms with E-state index >= 15 is 0 Å². The standard InChI is InChI=1S/C21H19BrN4O3/c1-26-13-17(22)11-18(26)21(29)25-24-19(27)12-23-20(28)16-9-7-15(8-10-16)14-5-3-2-4-6-14/h2-11,13H,12H2,1H3,(H,23,28)(H,24,27)(H,25,29). The summed E-state index contributed by atoms with van der Waals surface area (Å²) in [5.41, 5.74) is 7.45. The van der Waals surface area contributed by atoms with Crippen LogP contribution in [0.1, 0.15) is 20.8 Å². The van der Waals surface area contributed by atoms with Crippen LogP contribution in [0.3, 0.4) is 0 Å². The van der Waals surface area contributed by atoms with Crippen molar-refractivity contribution in [3.05, 3.63) is 82.6 Å². The highest BCUT2D eigenvalue weighted by Gasteiger charge is 2.13. The van der Waals surface area contributed by atoms with Crippen LogP contribution in [0.5, 0.6) is 0 Å². The van der Waals surface area contributed by atoms with Crippen LogP contribution in [0.25, 0.3) is 11.1 Å². The van der Waals surface area contributed by atoms with Crippen molar-refractivity contribution >= 4 is 33.7 Å². The van der Waals surface area contributed by atoms with Crippen LogP contribution >= 0.6 is 15.9 Å². The second kappa shape index (κ2) is 9.20. The van der Waals surface area contributed by atoms with Crippen LogP contribution in [0.2, 0.25) is 0 Å². The smallest absolute Gasteiger partial charge is 0.286 e. The molecule has 3 aromatic rings. The number of nitrogens with one attached hydrogen (secondary N) is 3. The number of aromatic nitrogens is 1. The Labute approximate surface area is 176 Å². The highest BCUT2D eigenvalue weighted by atomic mass is 79.9. The van der Waals surface area contributed by atoms with Crippen molar-refractivity contribution in [1.82, 2.24) is 20.7 Å². The van der Waals surface area contributed by atoms with E-state index in [0.717, 1.165) is 15.6 Å². The zero-order valence-electron chi connectivity index (χ0n) is 15.6. The predicted octanol–water partition coefficient (Wildman–Crippen LogP) is 2.65. The number of halogens is 1. The number of aryl methyl sites for hydroxylation is 1. The number of hydrogen-bond acceptors (Lipinski definition) is 3. The summed E-state index contributed by atoms with van der Waals surface area (Å²) in [4.78, 5) is 36.1. The van der Waals surface area contributed by atoms with Gasteiger partial charge in [-0.1, -0.05) is 42.5 Å². The van der Waals surface area contributed by atoms with Crippen molar-refractivity contribution in [2.45, 2.75) is 0 Å². The largest absolute Gasteiger partial charge is 0.345 e. The minimum absolute atomic E-state index is 0.267. The van der Waals surface area contributed by atoms with Crippen LogP contribution < -0.4 is 16.2 Å². The Kier molecular flexibility index (Phi) is 6.46. The van der Waals surface area contributed by atoms with Gasteiger partial charge in [0.2, 0.25) is 0 Å². The summed E-state index contributed by atoms with van der Waals surface area (Å²) >= 11 is 3.28. The van der Waals surface area contributed by atoms with Gasteiger partial charge in [-0.25, -0.2) is 0 Å². The van der Waals surface area contributed by atoms with Crippen molar-refractivity contribution in [3.8, 4) is 11.1 Å². The number of amides is 3. The van der Waals surface area contributed by atoms with Crippen molar-refractivity contribution in [2.24, 2.45) is 7.05 Å². The van der Waals surface area contributed by atoms with Gasteiger partial charge in [0.05, 0.1) is 6.54 Å². The third-order valence-electron chi connectivity index (χ3n) is 4.18. The molecule has 0 aliphatic rings. The summed E-state index contributed by atoms with van der Waals surface area (Å²) in [6.45, 7) is -0.267. The van der Waals surface area contributed by atoms with Crippen LogP contribution in [-0.4, -0.2) is 28.8 Å². The van der Waals surface area contributed by atoms with Crippen LogP contribution in [0, 0.1) is 0 Å². The lowest BCUT2D eigenvalue weighted by molar-refractivity contribution is -0.120. The molecule has 0 atom stereocenters. The summed E-state index contributed by atoms with van der Waals surface area (Å²) in [7, 11) is 1.71. The van der Waals surface area contributed by atoms with Gasteiger partial charge >= 0.3 is 0 Å². The molecule has 0 aliphatic carbocycles. The molecule has 8 heteroatoms. The summed E-state index contributed by atoms with van der Waals surface area (Å²) < 4.78 is 2.37. The summed E-state index contributed by atoms with van der Waals surface area (Å²) in [5.74, 6) is -1.38. The molecule has 3 rings (SSSR count). The first-order valence-corrected chi connectivity index (χ1v) is 9.58. The third kappa shape index (κ3) is 5.32. The van der Waals surface area contributed by atoms with Gasteiger partial charge < -0.3 is 9.88 Å². The predicted molar refractivity (Wildman–Crippen MR) is 113 cm³/mol. The normalized spacial score (nSPS) is 10.3. The quantitative estimate of drug-likeness (QED) is 0.517. The average molecular weight is 455 g/mol. The minimum atomic E-state index is -0.541. The highest BCUT2D eigenvalue weighted by molar-refractivity contribution is 9.10. The Balaban J connectivity index is 1.48. The second-order valence-corrected chi connectivity index (χ2v) is 7.20. The first kappa shape index (κ1) is 20.3. The van der Waals surface area contributed by atoms with Gasteiger partial charge in [-0.2, -0.15) is 0 Å². The molecule has 0 spiro atoms. The van der Waals surface area contributed by atoms with E-state index in [0.29, 0.717) is 11.3 Å². The summed E-state index contributed by atoms with van der Waals surface area (Å²) in [6, 6.07) is 18.5. The van der Waals surface area contributed by atoms with E-state index in [9.17, 15) is 14.4 Å². The zero-order chi connectivity index (χ0) is 20.8. The van der Waals surface area contributed by atoms with E-state index in [1.165, 1.54) is 0 Å². The molecule has 0 aliphatic heterocycles. The van der Waals surface area contributed by atoms with Crippen molar-refractivity contribution in [1.29, 1.82) is 0 Å². The molecular formula is C21H19BrN4O3. The number of carbonyl (C=O) groups is 3. The fourth-order valence-electron chi connectivity index (χ4n) is 2.69. The molecule has 1 heterocycles. The molecule has 0 unspecified atom stereocenters. The van der Waals surface area contributed by atoms with Gasteiger partial charge in [-0.15, -0.1) is 0 Å². The first-order valence-electron chi connectivity index (χ1n) is 8.79. The molecule has 7 nitrogen and oxygen atoms in total. The number of hydrazine groups is 1. The molecule has 0 bridgehead atoms. The van der Waals surface area contributed by atoms with E-state index in [-0.39, 0.29) is 12.5 Å². The third-order valence-corrected chi connectivity index (χ3v) is 4.62. The summed E-state index contributed by atoms with van der Waals surface area (Å²) in [5, 5.41) is 2.52. The zero-order valence-corrected chi connectivity index (χ0v) is 17.2. The molecular weight excluding hydrogens is 436 g/mol. The Bertz CT molecular complexity index is 1030. The Morgan fingerprint density at radius 2 is 1.55 bits per heavy atom. The monoisotopic (exact) mass is 454 g/mol. The molecule has 3 N–H and O–H groups in total. The number of hydrogen-bond donors (Lipinski definition) is 3. The topological polar surface area (TPSA) is 92.2 Å². The van der Waals surface area contributed by atoms with Crippen molar-refractivity contribution in [2.75, 3.05) is 6.54 Å². The minimum Gasteiger partial charge on any atom is -0.345 e.